The fourth-order valence-corrected chi connectivity index (χ4v) is 3.83. The van der Waals surface area contributed by atoms with E-state index in [1.54, 1.807) is 0 Å². The van der Waals surface area contributed by atoms with E-state index in [4.69, 9.17) is 0 Å². The number of unbranched alkanes of at least 4 members (excludes halogenated alkanes) is 1. The Labute approximate surface area is 127 Å². The van der Waals surface area contributed by atoms with Gasteiger partial charge in [-0.15, -0.1) is 0 Å². The first kappa shape index (κ1) is 15.0. The highest BCUT2D eigenvalue weighted by atomic mass is 18.2. The zero-order valence-electron chi connectivity index (χ0n) is 12.9. The van der Waals surface area contributed by atoms with Gasteiger partial charge in [0.25, 0.3) is 0 Å². The molecule has 2 nitrogen and oxygen atoms in total. The summed E-state index contributed by atoms with van der Waals surface area (Å²) in [6.07, 6.45) is 4.80. The summed E-state index contributed by atoms with van der Waals surface area (Å²) in [6.45, 7) is 3.50. The van der Waals surface area contributed by atoms with E-state index >= 15 is 0 Å². The molecule has 0 saturated carbocycles. The SMILES string of the molecule is CCCCc1ccc2c(c1)[C@@H]1C[C@H](O)[C@@H](C[18F])CN1CC2. The van der Waals surface area contributed by atoms with E-state index in [1.807, 2.05) is 0 Å². The molecule has 0 radical (unpaired) electrons. The van der Waals surface area contributed by atoms with Gasteiger partial charge < -0.3 is 5.11 Å². The lowest BCUT2D eigenvalue weighted by molar-refractivity contribution is -0.0201. The maximum atomic E-state index is 13.0. The summed E-state index contributed by atoms with van der Waals surface area (Å²) < 4.78 is 13.0. The molecule has 0 aliphatic carbocycles. The molecule has 3 rings (SSSR count). The van der Waals surface area contributed by atoms with Crippen molar-refractivity contribution >= 4 is 0 Å². The molecule has 1 saturated heterocycles. The van der Waals surface area contributed by atoms with Crippen LogP contribution in [0.15, 0.2) is 18.2 Å². The third-order valence-corrected chi connectivity index (χ3v) is 5.17. The molecule has 0 amide bonds. The maximum absolute atomic E-state index is 13.0. The number of aliphatic hydroxyl groups excluding tert-OH is 1. The number of piperidine rings is 1. The molecule has 0 unspecified atom stereocenters. The summed E-state index contributed by atoms with van der Waals surface area (Å²) in [5.41, 5.74) is 4.20. The van der Waals surface area contributed by atoms with Crippen molar-refractivity contribution in [1.82, 2.24) is 4.90 Å². The van der Waals surface area contributed by atoms with Crippen LogP contribution in [0.2, 0.25) is 0 Å². The number of benzene rings is 1. The number of fused-ring (bicyclic) bond motifs is 3. The van der Waals surface area contributed by atoms with E-state index < -0.39 is 12.8 Å². The van der Waals surface area contributed by atoms with Gasteiger partial charge in [-0.3, -0.25) is 9.29 Å². The Hall–Kier alpha value is -0.930. The Balaban J connectivity index is 1.83. The summed E-state index contributed by atoms with van der Waals surface area (Å²) >= 11 is 0. The Bertz CT molecular complexity index is 490. The van der Waals surface area contributed by atoms with Crippen LogP contribution >= 0.6 is 0 Å². The van der Waals surface area contributed by atoms with Gasteiger partial charge in [-0.25, -0.2) is 0 Å². The highest BCUT2D eigenvalue weighted by Crippen LogP contribution is 2.39. The number of halogens is 1. The lowest BCUT2D eigenvalue weighted by Gasteiger charge is -2.45. The number of hydrogen-bond acceptors (Lipinski definition) is 2. The standard InChI is InChI=1S/C18H26FNO/c1-2-3-4-13-5-6-14-7-8-20-12-15(11-19)18(21)10-17(20)16(14)9-13/h5-6,9,15,17-18,21H,2-4,7-8,10-12H2,1H3/t15-,17-,18-/m0/s1/i19-1. The molecule has 1 N–H and O–H groups in total. The van der Waals surface area contributed by atoms with Crippen LogP contribution in [0.4, 0.5) is 4.39 Å². The number of nitrogens with zero attached hydrogens (tertiary/aromatic N) is 1. The molecule has 1 fully saturated rings. The average Bonchev–Trinajstić information content (AvgIpc) is 2.52. The van der Waals surface area contributed by atoms with E-state index in [1.165, 1.54) is 29.5 Å². The molecule has 2 aliphatic heterocycles. The second-order valence-corrected chi connectivity index (χ2v) is 6.61. The van der Waals surface area contributed by atoms with Crippen LogP contribution in [-0.2, 0) is 12.8 Å². The lowest BCUT2D eigenvalue weighted by atomic mass is 9.81. The highest BCUT2D eigenvalue weighted by molar-refractivity contribution is 5.37. The highest BCUT2D eigenvalue weighted by Gasteiger charge is 2.38. The van der Waals surface area contributed by atoms with Gasteiger partial charge in [0.2, 0.25) is 0 Å². The Morgan fingerprint density at radius 1 is 1.38 bits per heavy atom. The van der Waals surface area contributed by atoms with Crippen molar-refractivity contribution in [3.05, 3.63) is 34.9 Å². The van der Waals surface area contributed by atoms with E-state index in [9.17, 15) is 9.50 Å². The first-order valence-corrected chi connectivity index (χ1v) is 8.32. The molecule has 21 heavy (non-hydrogen) atoms. The number of hydrogen-bond donors (Lipinski definition) is 1. The molecule has 1 aromatic carbocycles. The molecule has 0 aromatic heterocycles. The third kappa shape index (κ3) is 3.00. The van der Waals surface area contributed by atoms with Crippen molar-refractivity contribution in [2.24, 2.45) is 5.92 Å². The smallest absolute Gasteiger partial charge is 0.0959 e. The van der Waals surface area contributed by atoms with Crippen molar-refractivity contribution in [3.63, 3.8) is 0 Å². The minimum Gasteiger partial charge on any atom is -0.393 e. The summed E-state index contributed by atoms with van der Waals surface area (Å²) in [7, 11) is 0. The van der Waals surface area contributed by atoms with Crippen LogP contribution in [0.5, 0.6) is 0 Å². The van der Waals surface area contributed by atoms with Crippen molar-refractivity contribution in [3.8, 4) is 0 Å². The van der Waals surface area contributed by atoms with Gasteiger partial charge in [-0.05, 0) is 42.4 Å². The second kappa shape index (κ2) is 6.45. The second-order valence-electron chi connectivity index (χ2n) is 6.61. The van der Waals surface area contributed by atoms with Crippen LogP contribution in [0.3, 0.4) is 0 Å². The van der Waals surface area contributed by atoms with Crippen molar-refractivity contribution in [2.45, 2.75) is 51.2 Å². The van der Waals surface area contributed by atoms with E-state index in [2.05, 4.69) is 30.0 Å². The minimum atomic E-state index is -0.499. The first-order valence-electron chi connectivity index (χ1n) is 8.32. The summed E-state index contributed by atoms with van der Waals surface area (Å²) in [4.78, 5) is 2.38. The number of aliphatic hydroxyl groups is 1. The topological polar surface area (TPSA) is 23.5 Å². The largest absolute Gasteiger partial charge is 0.393 e. The van der Waals surface area contributed by atoms with E-state index in [0.29, 0.717) is 13.0 Å². The molecule has 116 valence electrons. The zero-order chi connectivity index (χ0) is 14.8. The predicted octanol–water partition coefficient (Wildman–Crippen LogP) is 3.28. The molecule has 0 bridgehead atoms. The summed E-state index contributed by atoms with van der Waals surface area (Å²) in [6, 6.07) is 7.15. The normalized spacial score (nSPS) is 29.0. The van der Waals surface area contributed by atoms with Gasteiger partial charge >= 0.3 is 0 Å². The van der Waals surface area contributed by atoms with Gasteiger partial charge in [0.15, 0.2) is 0 Å². The van der Waals surface area contributed by atoms with Gasteiger partial charge in [0.1, 0.15) is 0 Å². The monoisotopic (exact) mass is 290 g/mol. The number of rotatable bonds is 4. The summed E-state index contributed by atoms with van der Waals surface area (Å²) in [5.74, 6) is -0.203. The molecular weight excluding hydrogens is 264 g/mol. The molecule has 3 heteroatoms. The lowest BCUT2D eigenvalue weighted by Crippen LogP contribution is -2.48. The predicted molar refractivity (Wildman–Crippen MR) is 83.2 cm³/mol. The van der Waals surface area contributed by atoms with Crippen LogP contribution in [0.1, 0.15) is 48.9 Å². The zero-order valence-corrected chi connectivity index (χ0v) is 12.9. The minimum absolute atomic E-state index is 0.203. The first-order chi connectivity index (χ1) is 10.2. The van der Waals surface area contributed by atoms with Crippen LogP contribution < -0.4 is 0 Å². The van der Waals surface area contributed by atoms with Gasteiger partial charge in [0, 0.05) is 25.0 Å². The average molecular weight is 290 g/mol. The van der Waals surface area contributed by atoms with Crippen LogP contribution in [0.25, 0.3) is 0 Å². The summed E-state index contributed by atoms with van der Waals surface area (Å²) in [5, 5.41) is 10.2. The van der Waals surface area contributed by atoms with E-state index in [0.717, 1.165) is 19.4 Å². The van der Waals surface area contributed by atoms with E-state index in [-0.39, 0.29) is 12.0 Å². The Morgan fingerprint density at radius 3 is 3.00 bits per heavy atom. The van der Waals surface area contributed by atoms with Crippen LogP contribution in [-0.4, -0.2) is 35.9 Å². The molecule has 2 heterocycles. The number of aryl methyl sites for hydroxylation is 1. The fourth-order valence-electron chi connectivity index (χ4n) is 3.83. The fraction of sp³-hybridized carbons (Fsp3) is 0.667. The van der Waals surface area contributed by atoms with Crippen molar-refractivity contribution in [2.75, 3.05) is 19.8 Å². The maximum Gasteiger partial charge on any atom is 0.0959 e. The Kier molecular flexibility index (Phi) is 4.60. The quantitative estimate of drug-likeness (QED) is 0.920. The van der Waals surface area contributed by atoms with Gasteiger partial charge in [0.05, 0.1) is 12.8 Å². The van der Waals surface area contributed by atoms with Crippen molar-refractivity contribution < 1.29 is 9.50 Å². The van der Waals surface area contributed by atoms with Crippen LogP contribution in [0, 0.1) is 5.92 Å². The Morgan fingerprint density at radius 2 is 2.24 bits per heavy atom. The molecule has 0 spiro atoms. The van der Waals surface area contributed by atoms with Gasteiger partial charge in [-0.1, -0.05) is 31.5 Å². The molecule has 1 aromatic rings. The molecular formula is C18H26FNO. The van der Waals surface area contributed by atoms with Crippen molar-refractivity contribution in [1.29, 1.82) is 0 Å². The van der Waals surface area contributed by atoms with Gasteiger partial charge in [-0.2, -0.15) is 0 Å². The molecule has 3 atom stereocenters. The molecule has 2 aliphatic rings. The third-order valence-electron chi connectivity index (χ3n) is 5.17. The number of alkyl halides is 1.